The summed E-state index contributed by atoms with van der Waals surface area (Å²) in [4.78, 5) is 14.0. The summed E-state index contributed by atoms with van der Waals surface area (Å²) in [5.41, 5.74) is 5.05. The number of piperidine rings is 1. The number of β-amino-alcohol motifs (C(OH)–C–C–N with tert-alkyl or cyclic N) is 1. The number of aromatic nitrogens is 3. The lowest BCUT2D eigenvalue weighted by atomic mass is 9.90. The predicted octanol–water partition coefficient (Wildman–Crippen LogP) is -0.322. The topological polar surface area (TPSA) is 118 Å². The normalized spacial score (nSPS) is 35.3. The van der Waals surface area contributed by atoms with Crippen LogP contribution in [-0.4, -0.2) is 66.9 Å². The minimum Gasteiger partial charge on any atom is -0.388 e. The molecule has 0 radical (unpaired) electrons. The van der Waals surface area contributed by atoms with Gasteiger partial charge in [-0.2, -0.15) is 0 Å². The molecule has 1 aromatic rings. The first-order chi connectivity index (χ1) is 10.9. The maximum atomic E-state index is 12.5. The third-order valence-corrected chi connectivity index (χ3v) is 5.13. The molecule has 8 heteroatoms. The van der Waals surface area contributed by atoms with Crippen LogP contribution in [0.1, 0.15) is 55.6 Å². The largest absolute Gasteiger partial charge is 0.388 e. The van der Waals surface area contributed by atoms with Gasteiger partial charge in [-0.3, -0.25) is 4.79 Å². The molecule has 2 aliphatic rings. The van der Waals surface area contributed by atoms with Crippen molar-refractivity contribution in [2.24, 2.45) is 5.73 Å². The van der Waals surface area contributed by atoms with E-state index in [1.807, 2.05) is 0 Å². The summed E-state index contributed by atoms with van der Waals surface area (Å²) in [5.74, 6) is -0.252. The van der Waals surface area contributed by atoms with Crippen LogP contribution in [0.5, 0.6) is 0 Å². The second kappa shape index (κ2) is 6.18. The fourth-order valence-corrected chi connectivity index (χ4v) is 3.29. The van der Waals surface area contributed by atoms with Crippen molar-refractivity contribution in [3.05, 3.63) is 11.9 Å². The Morgan fingerprint density at radius 1 is 1.39 bits per heavy atom. The molecule has 4 N–H and O–H groups in total. The molecule has 1 aliphatic heterocycles. The van der Waals surface area contributed by atoms with Crippen LogP contribution in [0, 0.1) is 0 Å². The lowest BCUT2D eigenvalue weighted by Gasteiger charge is -2.39. The van der Waals surface area contributed by atoms with Gasteiger partial charge in [0, 0.05) is 19.1 Å². The van der Waals surface area contributed by atoms with Gasteiger partial charge in [-0.1, -0.05) is 5.21 Å². The van der Waals surface area contributed by atoms with E-state index in [1.54, 1.807) is 17.8 Å². The zero-order valence-electron chi connectivity index (χ0n) is 13.4. The van der Waals surface area contributed by atoms with E-state index in [9.17, 15) is 15.0 Å². The van der Waals surface area contributed by atoms with Crippen LogP contribution in [0.2, 0.25) is 0 Å². The van der Waals surface area contributed by atoms with E-state index in [0.717, 1.165) is 25.7 Å². The molecular weight excluding hydrogens is 298 g/mol. The van der Waals surface area contributed by atoms with Crippen LogP contribution in [0.4, 0.5) is 0 Å². The Balaban J connectivity index is 1.65. The zero-order chi connectivity index (χ0) is 16.6. The highest BCUT2D eigenvalue weighted by Gasteiger charge is 2.38. The van der Waals surface area contributed by atoms with Gasteiger partial charge in [0.15, 0.2) is 5.69 Å². The van der Waals surface area contributed by atoms with Crippen LogP contribution in [-0.2, 0) is 0 Å². The molecule has 3 rings (SSSR count). The average molecular weight is 323 g/mol. The van der Waals surface area contributed by atoms with Gasteiger partial charge in [0.25, 0.3) is 5.91 Å². The van der Waals surface area contributed by atoms with Crippen LogP contribution < -0.4 is 5.73 Å². The number of carbonyl (C=O) groups is 1. The Labute approximate surface area is 135 Å². The first-order valence-electron chi connectivity index (χ1n) is 8.24. The lowest BCUT2D eigenvalue weighted by Crippen LogP contribution is -2.55. The van der Waals surface area contributed by atoms with Gasteiger partial charge in [-0.05, 0) is 39.0 Å². The van der Waals surface area contributed by atoms with Crippen molar-refractivity contribution in [1.29, 1.82) is 0 Å². The number of likely N-dealkylation sites (tertiary alicyclic amines) is 1. The Hall–Kier alpha value is -1.51. The number of hydrogen-bond acceptors (Lipinski definition) is 6. The van der Waals surface area contributed by atoms with E-state index in [0.29, 0.717) is 13.0 Å². The predicted molar refractivity (Wildman–Crippen MR) is 82.7 cm³/mol. The van der Waals surface area contributed by atoms with Gasteiger partial charge in [0.1, 0.15) is 0 Å². The fraction of sp³-hybridized carbons (Fsp3) is 0.800. The molecule has 1 saturated carbocycles. The average Bonchev–Trinajstić information content (AvgIpc) is 3.00. The Bertz CT molecular complexity index is 565. The number of nitrogens with zero attached hydrogens (tertiary/aromatic N) is 4. The molecule has 1 aromatic heterocycles. The standard InChI is InChI=1S/C15H25N5O3/c1-15(23)6-7-19(9-13(15)21)14(22)12-8-20(18-17-12)11-4-2-10(16)3-5-11/h8,10-11,13,21,23H,2-7,9,16H2,1H3/t10?,11?,13-,15-/m1/s1. The van der Waals surface area contributed by atoms with Gasteiger partial charge in [-0.15, -0.1) is 5.10 Å². The molecule has 23 heavy (non-hydrogen) atoms. The second-order valence-electron chi connectivity index (χ2n) is 7.03. The molecule has 0 aromatic carbocycles. The van der Waals surface area contributed by atoms with Gasteiger partial charge in [0.05, 0.1) is 23.9 Å². The molecule has 1 saturated heterocycles. The Morgan fingerprint density at radius 3 is 2.74 bits per heavy atom. The smallest absolute Gasteiger partial charge is 0.276 e. The third kappa shape index (κ3) is 3.39. The second-order valence-corrected chi connectivity index (χ2v) is 7.03. The first-order valence-corrected chi connectivity index (χ1v) is 8.24. The van der Waals surface area contributed by atoms with Gasteiger partial charge < -0.3 is 20.8 Å². The summed E-state index contributed by atoms with van der Waals surface area (Å²) >= 11 is 0. The number of nitrogens with two attached hydrogens (primary N) is 1. The van der Waals surface area contributed by atoms with Crippen molar-refractivity contribution in [3.8, 4) is 0 Å². The minimum absolute atomic E-state index is 0.108. The molecule has 1 aliphatic carbocycles. The van der Waals surface area contributed by atoms with Gasteiger partial charge in [0.2, 0.25) is 0 Å². The Kier molecular flexibility index (Phi) is 4.39. The maximum Gasteiger partial charge on any atom is 0.276 e. The monoisotopic (exact) mass is 323 g/mol. The van der Waals surface area contributed by atoms with Crippen LogP contribution in [0.15, 0.2) is 6.20 Å². The van der Waals surface area contributed by atoms with Crippen LogP contribution in [0.3, 0.4) is 0 Å². The molecule has 0 bridgehead atoms. The first kappa shape index (κ1) is 16.4. The van der Waals surface area contributed by atoms with Crippen molar-refractivity contribution < 1.29 is 15.0 Å². The highest BCUT2D eigenvalue weighted by Crippen LogP contribution is 2.27. The summed E-state index contributed by atoms with van der Waals surface area (Å²) in [6, 6.07) is 0.509. The number of hydrogen-bond donors (Lipinski definition) is 3. The van der Waals surface area contributed by atoms with E-state index in [4.69, 9.17) is 5.73 Å². The summed E-state index contributed by atoms with van der Waals surface area (Å²) in [5, 5.41) is 28.0. The highest BCUT2D eigenvalue weighted by atomic mass is 16.3. The van der Waals surface area contributed by atoms with Crippen molar-refractivity contribution in [1.82, 2.24) is 19.9 Å². The molecule has 8 nitrogen and oxygen atoms in total. The molecule has 0 unspecified atom stereocenters. The number of carbonyl (C=O) groups excluding carboxylic acids is 1. The third-order valence-electron chi connectivity index (χ3n) is 5.13. The number of amides is 1. The molecule has 0 spiro atoms. The molecule has 2 heterocycles. The van der Waals surface area contributed by atoms with E-state index in [2.05, 4.69) is 10.3 Å². The van der Waals surface area contributed by atoms with Crippen molar-refractivity contribution in [3.63, 3.8) is 0 Å². The lowest BCUT2D eigenvalue weighted by molar-refractivity contribution is -0.0999. The van der Waals surface area contributed by atoms with Gasteiger partial charge in [-0.25, -0.2) is 4.68 Å². The van der Waals surface area contributed by atoms with E-state index in [1.165, 1.54) is 4.90 Å². The zero-order valence-corrected chi connectivity index (χ0v) is 13.4. The minimum atomic E-state index is -1.14. The molecule has 2 atom stereocenters. The van der Waals surface area contributed by atoms with Crippen LogP contribution in [0.25, 0.3) is 0 Å². The van der Waals surface area contributed by atoms with E-state index < -0.39 is 11.7 Å². The fourth-order valence-electron chi connectivity index (χ4n) is 3.29. The summed E-state index contributed by atoms with van der Waals surface area (Å²) in [6.07, 6.45) is 4.89. The number of aliphatic hydroxyl groups is 2. The van der Waals surface area contributed by atoms with Crippen LogP contribution >= 0.6 is 0 Å². The Morgan fingerprint density at radius 2 is 2.09 bits per heavy atom. The van der Waals surface area contributed by atoms with Crippen molar-refractivity contribution >= 4 is 5.91 Å². The number of aliphatic hydroxyl groups excluding tert-OH is 1. The SMILES string of the molecule is C[C@@]1(O)CCN(C(=O)c2cn(C3CCC(N)CC3)nn2)C[C@H]1O. The van der Waals surface area contributed by atoms with E-state index in [-0.39, 0.29) is 30.2 Å². The van der Waals surface area contributed by atoms with Crippen molar-refractivity contribution in [2.75, 3.05) is 13.1 Å². The molecule has 2 fully saturated rings. The van der Waals surface area contributed by atoms with Crippen molar-refractivity contribution in [2.45, 2.75) is 62.8 Å². The summed E-state index contributed by atoms with van der Waals surface area (Å²) in [6.45, 7) is 2.09. The highest BCUT2D eigenvalue weighted by molar-refractivity contribution is 5.92. The maximum absolute atomic E-state index is 12.5. The summed E-state index contributed by atoms with van der Waals surface area (Å²) in [7, 11) is 0. The molecular formula is C15H25N5O3. The van der Waals surface area contributed by atoms with Gasteiger partial charge >= 0.3 is 0 Å². The number of rotatable bonds is 2. The molecule has 1 amide bonds. The summed E-state index contributed by atoms with van der Waals surface area (Å²) < 4.78 is 1.76. The molecule has 128 valence electrons. The quantitative estimate of drug-likeness (QED) is 0.686. The van der Waals surface area contributed by atoms with E-state index >= 15 is 0 Å².